The zero-order valence-corrected chi connectivity index (χ0v) is 11.3. The average molecular weight is 243 g/mol. The molecule has 0 saturated heterocycles. The van der Waals surface area contributed by atoms with Crippen LogP contribution in [0, 0.1) is 0 Å². The van der Waals surface area contributed by atoms with Crippen LogP contribution >= 0.6 is 0 Å². The van der Waals surface area contributed by atoms with Gasteiger partial charge in [-0.2, -0.15) is 0 Å². The van der Waals surface area contributed by atoms with E-state index in [2.05, 4.69) is 18.6 Å². The predicted octanol–water partition coefficient (Wildman–Crippen LogP) is 2.37. The highest BCUT2D eigenvalue weighted by molar-refractivity contribution is 5.77. The van der Waals surface area contributed by atoms with E-state index in [0.717, 1.165) is 32.2 Å². The highest BCUT2D eigenvalue weighted by atomic mass is 16.5. The number of amides is 1. The van der Waals surface area contributed by atoms with Crippen LogP contribution in [0.3, 0.4) is 0 Å². The zero-order chi connectivity index (χ0) is 13.1. The van der Waals surface area contributed by atoms with E-state index in [9.17, 15) is 9.59 Å². The van der Waals surface area contributed by atoms with Crippen LogP contribution in [0.2, 0.25) is 0 Å². The van der Waals surface area contributed by atoms with Crippen molar-refractivity contribution in [2.45, 2.75) is 52.4 Å². The summed E-state index contributed by atoms with van der Waals surface area (Å²) in [5.74, 6) is -0.0982. The van der Waals surface area contributed by atoms with Crippen LogP contribution in [0.5, 0.6) is 0 Å². The van der Waals surface area contributed by atoms with Crippen molar-refractivity contribution in [2.24, 2.45) is 0 Å². The van der Waals surface area contributed by atoms with Gasteiger partial charge in [0.15, 0.2) is 0 Å². The highest BCUT2D eigenvalue weighted by Crippen LogP contribution is 2.04. The Bertz CT molecular complexity index is 229. The molecule has 0 radical (unpaired) electrons. The fourth-order valence-corrected chi connectivity index (χ4v) is 1.52. The maximum atomic E-state index is 11.9. The molecular weight excluding hydrogens is 218 g/mol. The minimum atomic E-state index is -0.255. The van der Waals surface area contributed by atoms with Gasteiger partial charge in [0.25, 0.3) is 0 Å². The molecule has 0 aromatic rings. The van der Waals surface area contributed by atoms with E-state index < -0.39 is 0 Å². The second-order valence-electron chi connectivity index (χ2n) is 4.16. The molecule has 0 N–H and O–H groups in total. The van der Waals surface area contributed by atoms with Crippen molar-refractivity contribution >= 4 is 11.9 Å². The summed E-state index contributed by atoms with van der Waals surface area (Å²) in [5.41, 5.74) is 0. The molecule has 1 amide bonds. The van der Waals surface area contributed by atoms with Gasteiger partial charge < -0.3 is 9.64 Å². The largest absolute Gasteiger partial charge is 0.469 e. The molecule has 100 valence electrons. The zero-order valence-electron chi connectivity index (χ0n) is 11.3. The number of rotatable bonds is 9. The van der Waals surface area contributed by atoms with Crippen molar-refractivity contribution in [1.29, 1.82) is 0 Å². The van der Waals surface area contributed by atoms with Gasteiger partial charge in [-0.15, -0.1) is 0 Å². The number of hydrogen-bond acceptors (Lipinski definition) is 3. The van der Waals surface area contributed by atoms with Crippen LogP contribution in [-0.2, 0) is 14.3 Å². The molecule has 0 aliphatic rings. The van der Waals surface area contributed by atoms with E-state index in [0.29, 0.717) is 13.0 Å². The van der Waals surface area contributed by atoms with E-state index >= 15 is 0 Å². The first-order valence-corrected chi connectivity index (χ1v) is 6.50. The summed E-state index contributed by atoms with van der Waals surface area (Å²) < 4.78 is 4.59. The van der Waals surface area contributed by atoms with Crippen LogP contribution in [-0.4, -0.2) is 37.0 Å². The first-order valence-electron chi connectivity index (χ1n) is 6.50. The lowest BCUT2D eigenvalue weighted by Crippen LogP contribution is -2.33. The lowest BCUT2D eigenvalue weighted by atomic mass is 10.2. The molecule has 17 heavy (non-hydrogen) atoms. The summed E-state index contributed by atoms with van der Waals surface area (Å²) in [4.78, 5) is 24.7. The van der Waals surface area contributed by atoms with Crippen LogP contribution in [0.1, 0.15) is 52.4 Å². The Morgan fingerprint density at radius 1 is 1.00 bits per heavy atom. The Balaban J connectivity index is 4.11. The van der Waals surface area contributed by atoms with Crippen molar-refractivity contribution in [1.82, 2.24) is 4.90 Å². The highest BCUT2D eigenvalue weighted by Gasteiger charge is 2.13. The van der Waals surface area contributed by atoms with Gasteiger partial charge in [0, 0.05) is 19.5 Å². The number of esters is 1. The third kappa shape index (κ3) is 7.77. The molecule has 4 nitrogen and oxygen atoms in total. The minimum Gasteiger partial charge on any atom is -0.469 e. The van der Waals surface area contributed by atoms with E-state index in [4.69, 9.17) is 0 Å². The number of nitrogens with zero attached hydrogens (tertiary/aromatic N) is 1. The quantitative estimate of drug-likeness (QED) is 0.584. The summed E-state index contributed by atoms with van der Waals surface area (Å²) in [6.07, 6.45) is 4.85. The van der Waals surface area contributed by atoms with Gasteiger partial charge >= 0.3 is 5.97 Å². The second kappa shape index (κ2) is 10.1. The molecule has 0 atom stereocenters. The maximum Gasteiger partial charge on any atom is 0.307 e. The molecule has 0 heterocycles. The number of unbranched alkanes of at least 4 members (excludes halogenated alkanes) is 2. The molecule has 0 unspecified atom stereocenters. The van der Waals surface area contributed by atoms with Crippen molar-refractivity contribution < 1.29 is 14.3 Å². The Morgan fingerprint density at radius 2 is 1.65 bits per heavy atom. The van der Waals surface area contributed by atoms with Crippen LogP contribution in [0.15, 0.2) is 0 Å². The van der Waals surface area contributed by atoms with Gasteiger partial charge in [-0.05, 0) is 12.8 Å². The van der Waals surface area contributed by atoms with E-state index in [1.807, 2.05) is 0 Å². The van der Waals surface area contributed by atoms with Gasteiger partial charge in [-0.25, -0.2) is 0 Å². The third-order valence-electron chi connectivity index (χ3n) is 2.69. The molecule has 0 bridgehead atoms. The predicted molar refractivity (Wildman–Crippen MR) is 67.6 cm³/mol. The lowest BCUT2D eigenvalue weighted by Gasteiger charge is -2.22. The Labute approximate surface area is 104 Å². The van der Waals surface area contributed by atoms with Gasteiger partial charge in [-0.1, -0.05) is 26.7 Å². The molecular formula is C13H25NO3. The first-order chi connectivity index (χ1) is 8.15. The van der Waals surface area contributed by atoms with Crippen molar-refractivity contribution in [2.75, 3.05) is 20.2 Å². The minimum absolute atomic E-state index is 0.157. The van der Waals surface area contributed by atoms with Crippen molar-refractivity contribution in [3.63, 3.8) is 0 Å². The van der Waals surface area contributed by atoms with Crippen LogP contribution in [0.25, 0.3) is 0 Å². The molecule has 0 aromatic carbocycles. The smallest absolute Gasteiger partial charge is 0.307 e. The van der Waals surface area contributed by atoms with Crippen LogP contribution in [0.4, 0.5) is 0 Å². The normalized spacial score (nSPS) is 10.1. The molecule has 0 spiro atoms. The number of carbonyl (C=O) groups is 2. The van der Waals surface area contributed by atoms with Gasteiger partial charge in [0.1, 0.15) is 0 Å². The number of ether oxygens (including phenoxy) is 1. The van der Waals surface area contributed by atoms with E-state index in [1.54, 1.807) is 4.90 Å². The molecule has 0 rings (SSSR count). The van der Waals surface area contributed by atoms with Crippen LogP contribution < -0.4 is 0 Å². The summed E-state index contributed by atoms with van der Waals surface area (Å²) in [6, 6.07) is 0. The maximum absolute atomic E-state index is 11.9. The summed E-state index contributed by atoms with van der Waals surface area (Å²) in [5, 5.41) is 0. The Kier molecular flexibility index (Phi) is 9.49. The monoisotopic (exact) mass is 243 g/mol. The standard InChI is InChI=1S/C13H25NO3/c1-4-6-8-12(15)14(10-7-5-2)11-9-13(16)17-3/h4-11H2,1-3H3. The van der Waals surface area contributed by atoms with Crippen molar-refractivity contribution in [3.8, 4) is 0 Å². The topological polar surface area (TPSA) is 46.6 Å². The van der Waals surface area contributed by atoms with E-state index in [-0.39, 0.29) is 18.3 Å². The number of hydrogen-bond donors (Lipinski definition) is 0. The van der Waals surface area contributed by atoms with E-state index in [1.165, 1.54) is 7.11 Å². The SMILES string of the molecule is CCCCC(=O)N(CCCC)CCC(=O)OC. The molecule has 0 aromatic heterocycles. The van der Waals surface area contributed by atoms with Gasteiger partial charge in [0.05, 0.1) is 13.5 Å². The fourth-order valence-electron chi connectivity index (χ4n) is 1.52. The van der Waals surface area contributed by atoms with Gasteiger partial charge in [-0.3, -0.25) is 9.59 Å². The summed E-state index contributed by atoms with van der Waals surface area (Å²) >= 11 is 0. The molecule has 0 aliphatic heterocycles. The molecule has 0 saturated carbocycles. The fraction of sp³-hybridized carbons (Fsp3) is 0.846. The first kappa shape index (κ1) is 15.9. The molecule has 4 heteroatoms. The Hall–Kier alpha value is -1.06. The average Bonchev–Trinajstić information content (AvgIpc) is 2.35. The summed E-state index contributed by atoms with van der Waals surface area (Å²) in [7, 11) is 1.37. The Morgan fingerprint density at radius 3 is 2.18 bits per heavy atom. The molecule has 0 aliphatic carbocycles. The van der Waals surface area contributed by atoms with Gasteiger partial charge in [0.2, 0.25) is 5.91 Å². The lowest BCUT2D eigenvalue weighted by molar-refractivity contribution is -0.141. The van der Waals surface area contributed by atoms with Crippen molar-refractivity contribution in [3.05, 3.63) is 0 Å². The molecule has 0 fully saturated rings. The second-order valence-corrected chi connectivity index (χ2v) is 4.16. The third-order valence-corrected chi connectivity index (χ3v) is 2.69. The summed E-state index contributed by atoms with van der Waals surface area (Å²) in [6.45, 7) is 5.39. The number of methoxy groups -OCH3 is 1. The number of carbonyl (C=O) groups excluding carboxylic acids is 2.